The van der Waals surface area contributed by atoms with E-state index < -0.39 is 11.6 Å². The van der Waals surface area contributed by atoms with E-state index in [-0.39, 0.29) is 10.7 Å². The van der Waals surface area contributed by atoms with Crippen LogP contribution in [0.5, 0.6) is 0 Å². The first-order valence-corrected chi connectivity index (χ1v) is 6.29. The molecule has 0 aliphatic heterocycles. The van der Waals surface area contributed by atoms with Gasteiger partial charge in [-0.2, -0.15) is 0 Å². The summed E-state index contributed by atoms with van der Waals surface area (Å²) in [5.74, 6) is -1.37. The number of anilines is 1. The fourth-order valence-corrected chi connectivity index (χ4v) is 2.15. The van der Waals surface area contributed by atoms with Crippen LogP contribution >= 0.6 is 11.6 Å². The molecule has 4 heteroatoms. The lowest BCUT2D eigenvalue weighted by Gasteiger charge is -2.12. The van der Waals surface area contributed by atoms with E-state index in [1.807, 2.05) is 32.0 Å². The molecule has 0 fully saturated rings. The summed E-state index contributed by atoms with van der Waals surface area (Å²) in [4.78, 5) is 0. The van der Waals surface area contributed by atoms with Crippen molar-refractivity contribution in [3.05, 3.63) is 63.7 Å². The van der Waals surface area contributed by atoms with Gasteiger partial charge in [0, 0.05) is 12.6 Å². The lowest BCUT2D eigenvalue weighted by molar-refractivity contribution is 0.585. The van der Waals surface area contributed by atoms with Crippen LogP contribution in [-0.2, 0) is 6.54 Å². The Balaban J connectivity index is 2.21. The Bertz CT molecular complexity index is 588. The third-order valence-electron chi connectivity index (χ3n) is 2.97. The van der Waals surface area contributed by atoms with Crippen molar-refractivity contribution in [1.29, 1.82) is 0 Å². The lowest BCUT2D eigenvalue weighted by atomic mass is 10.1. The molecule has 0 amide bonds. The van der Waals surface area contributed by atoms with Gasteiger partial charge in [-0.3, -0.25) is 0 Å². The number of halogens is 3. The normalized spacial score (nSPS) is 10.6. The molecular weight excluding hydrogens is 268 g/mol. The van der Waals surface area contributed by atoms with Gasteiger partial charge in [-0.1, -0.05) is 35.4 Å². The Hall–Kier alpha value is -1.61. The lowest BCUT2D eigenvalue weighted by Crippen LogP contribution is -2.04. The number of aryl methyl sites for hydroxylation is 2. The molecule has 2 aromatic carbocycles. The minimum atomic E-state index is -0.685. The highest BCUT2D eigenvalue weighted by atomic mass is 35.5. The van der Waals surface area contributed by atoms with Crippen LogP contribution in [0.15, 0.2) is 30.3 Å². The summed E-state index contributed by atoms with van der Waals surface area (Å²) in [7, 11) is 0. The molecule has 0 aliphatic rings. The van der Waals surface area contributed by atoms with Gasteiger partial charge in [0.2, 0.25) is 0 Å². The van der Waals surface area contributed by atoms with Gasteiger partial charge in [-0.05, 0) is 31.0 Å². The molecule has 0 aliphatic carbocycles. The average molecular weight is 282 g/mol. The van der Waals surface area contributed by atoms with Gasteiger partial charge in [0.1, 0.15) is 5.82 Å². The van der Waals surface area contributed by atoms with Crippen molar-refractivity contribution in [1.82, 2.24) is 0 Å². The van der Waals surface area contributed by atoms with E-state index in [2.05, 4.69) is 5.32 Å². The van der Waals surface area contributed by atoms with Gasteiger partial charge in [-0.15, -0.1) is 0 Å². The van der Waals surface area contributed by atoms with Crippen molar-refractivity contribution in [3.63, 3.8) is 0 Å². The zero-order valence-electron chi connectivity index (χ0n) is 10.7. The van der Waals surface area contributed by atoms with Gasteiger partial charge in [0.15, 0.2) is 5.82 Å². The number of hydrogen-bond donors (Lipinski definition) is 1. The summed E-state index contributed by atoms with van der Waals surface area (Å²) in [5, 5.41) is 2.96. The molecular formula is C15H14ClF2N. The van der Waals surface area contributed by atoms with E-state index in [9.17, 15) is 8.78 Å². The minimum Gasteiger partial charge on any atom is -0.377 e. The van der Waals surface area contributed by atoms with Gasteiger partial charge < -0.3 is 5.32 Å². The molecule has 1 N–H and O–H groups in total. The Morgan fingerprint density at radius 3 is 2.53 bits per heavy atom. The Labute approximate surface area is 116 Å². The second-order valence-electron chi connectivity index (χ2n) is 4.53. The van der Waals surface area contributed by atoms with Gasteiger partial charge in [0.25, 0.3) is 0 Å². The number of benzene rings is 2. The molecule has 0 radical (unpaired) electrons. The fraction of sp³-hybridized carbons (Fsp3) is 0.200. The predicted octanol–water partition coefficient (Wildman–Crippen LogP) is 4.85. The second kappa shape index (κ2) is 5.57. The van der Waals surface area contributed by atoms with Crippen molar-refractivity contribution < 1.29 is 8.78 Å². The molecule has 0 bridgehead atoms. The highest BCUT2D eigenvalue weighted by Crippen LogP contribution is 2.27. The quantitative estimate of drug-likeness (QED) is 0.848. The van der Waals surface area contributed by atoms with Crippen molar-refractivity contribution in [2.24, 2.45) is 0 Å². The maximum atomic E-state index is 13.6. The summed E-state index contributed by atoms with van der Waals surface area (Å²) in [5.41, 5.74) is 3.42. The molecule has 19 heavy (non-hydrogen) atoms. The Morgan fingerprint density at radius 2 is 1.84 bits per heavy atom. The minimum absolute atomic E-state index is 0.0443. The van der Waals surface area contributed by atoms with Crippen LogP contribution in [0.25, 0.3) is 0 Å². The van der Waals surface area contributed by atoms with E-state index in [0.717, 1.165) is 28.8 Å². The molecule has 0 saturated carbocycles. The van der Waals surface area contributed by atoms with E-state index in [4.69, 9.17) is 11.6 Å². The predicted molar refractivity (Wildman–Crippen MR) is 74.6 cm³/mol. The first-order valence-electron chi connectivity index (χ1n) is 5.92. The SMILES string of the molecule is Cc1ccc(C)c(CNc2c(F)cc(F)cc2Cl)c1. The van der Waals surface area contributed by atoms with Gasteiger partial charge in [0.05, 0.1) is 10.7 Å². The van der Waals surface area contributed by atoms with Crippen LogP contribution in [0.4, 0.5) is 14.5 Å². The second-order valence-corrected chi connectivity index (χ2v) is 4.94. The number of hydrogen-bond acceptors (Lipinski definition) is 1. The molecule has 0 saturated heterocycles. The van der Waals surface area contributed by atoms with Gasteiger partial charge in [-0.25, -0.2) is 8.78 Å². The van der Waals surface area contributed by atoms with Crippen LogP contribution in [0, 0.1) is 25.5 Å². The summed E-state index contributed by atoms with van der Waals surface area (Å²) in [6, 6.07) is 7.96. The summed E-state index contributed by atoms with van der Waals surface area (Å²) in [6.07, 6.45) is 0. The van der Waals surface area contributed by atoms with Crippen LogP contribution < -0.4 is 5.32 Å². The molecule has 0 atom stereocenters. The largest absolute Gasteiger partial charge is 0.377 e. The average Bonchev–Trinajstić information content (AvgIpc) is 2.32. The van der Waals surface area contributed by atoms with E-state index in [1.54, 1.807) is 0 Å². The monoisotopic (exact) mass is 281 g/mol. The van der Waals surface area contributed by atoms with Crippen LogP contribution in [-0.4, -0.2) is 0 Å². The standard InChI is InChI=1S/C15H14ClF2N/c1-9-3-4-10(2)11(5-9)8-19-15-13(16)6-12(17)7-14(15)18/h3-7,19H,8H2,1-2H3. The smallest absolute Gasteiger partial charge is 0.150 e. The van der Waals surface area contributed by atoms with E-state index in [0.29, 0.717) is 6.54 Å². The van der Waals surface area contributed by atoms with Gasteiger partial charge >= 0.3 is 0 Å². The summed E-state index contributed by atoms with van der Waals surface area (Å²) in [6.45, 7) is 4.42. The maximum absolute atomic E-state index is 13.6. The first-order chi connectivity index (χ1) is 8.97. The Morgan fingerprint density at radius 1 is 1.11 bits per heavy atom. The fourth-order valence-electron chi connectivity index (χ4n) is 1.89. The number of rotatable bonds is 3. The molecule has 100 valence electrons. The molecule has 0 unspecified atom stereocenters. The van der Waals surface area contributed by atoms with Crippen molar-refractivity contribution in [2.45, 2.75) is 20.4 Å². The molecule has 0 aromatic heterocycles. The summed E-state index contributed by atoms with van der Waals surface area (Å²) >= 11 is 5.83. The van der Waals surface area contributed by atoms with Crippen molar-refractivity contribution in [3.8, 4) is 0 Å². The van der Waals surface area contributed by atoms with Crippen molar-refractivity contribution >= 4 is 17.3 Å². The van der Waals surface area contributed by atoms with Crippen LogP contribution in [0.2, 0.25) is 5.02 Å². The maximum Gasteiger partial charge on any atom is 0.150 e. The Kier molecular flexibility index (Phi) is 4.05. The van der Waals surface area contributed by atoms with Crippen molar-refractivity contribution in [2.75, 3.05) is 5.32 Å². The number of nitrogens with one attached hydrogen (secondary N) is 1. The zero-order valence-corrected chi connectivity index (χ0v) is 11.5. The van der Waals surface area contributed by atoms with E-state index in [1.165, 1.54) is 0 Å². The zero-order chi connectivity index (χ0) is 14.0. The first kappa shape index (κ1) is 13.8. The topological polar surface area (TPSA) is 12.0 Å². The van der Waals surface area contributed by atoms with Crippen LogP contribution in [0.3, 0.4) is 0 Å². The molecule has 0 heterocycles. The molecule has 0 spiro atoms. The molecule has 2 aromatic rings. The van der Waals surface area contributed by atoms with E-state index >= 15 is 0 Å². The summed E-state index contributed by atoms with van der Waals surface area (Å²) < 4.78 is 26.5. The third kappa shape index (κ3) is 3.24. The highest BCUT2D eigenvalue weighted by Gasteiger charge is 2.10. The van der Waals surface area contributed by atoms with Crippen LogP contribution in [0.1, 0.15) is 16.7 Å². The molecule has 2 rings (SSSR count). The highest BCUT2D eigenvalue weighted by molar-refractivity contribution is 6.33. The third-order valence-corrected chi connectivity index (χ3v) is 3.27. The molecule has 1 nitrogen and oxygen atoms in total.